The Kier molecular flexibility index (Phi) is 14.5. The van der Waals surface area contributed by atoms with Crippen LogP contribution in [0.5, 0.6) is 0 Å². The normalized spacial score (nSPS) is 9.15. The topological polar surface area (TPSA) is 20.2 Å². The number of hydrogen-bond acceptors (Lipinski definition) is 1. The van der Waals surface area contributed by atoms with E-state index in [0.29, 0.717) is 12.5 Å². The van der Waals surface area contributed by atoms with E-state index in [-0.39, 0.29) is 12.4 Å². The summed E-state index contributed by atoms with van der Waals surface area (Å²) in [6.07, 6.45) is 0. The molecule has 0 saturated heterocycles. The molecule has 0 amide bonds. The molecule has 0 aliphatic rings. The van der Waals surface area contributed by atoms with Gasteiger partial charge in [0.15, 0.2) is 0 Å². The average molecular weight is 462 g/mol. The van der Waals surface area contributed by atoms with Crippen molar-refractivity contribution in [3.63, 3.8) is 0 Å². The number of fused-ring (bicyclic) bond motifs is 2. The molecule has 0 fully saturated rings. The van der Waals surface area contributed by atoms with Crippen LogP contribution in [0.25, 0.3) is 21.5 Å². The average Bonchev–Trinajstić information content (AvgIpc) is 3.33. The molecule has 0 unspecified atom stereocenters. The van der Waals surface area contributed by atoms with Gasteiger partial charge in [-0.05, 0) is 5.92 Å². The van der Waals surface area contributed by atoms with E-state index in [1.165, 1.54) is 21.5 Å². The molecule has 0 radical (unpaired) electrons. The molecule has 136 valence electrons. The number of benzene rings is 2. The minimum atomic E-state index is 0. The van der Waals surface area contributed by atoms with Crippen LogP contribution in [-0.2, 0) is 23.3 Å². The van der Waals surface area contributed by atoms with Crippen molar-refractivity contribution in [2.45, 2.75) is 13.8 Å². The second-order valence-electron chi connectivity index (χ2n) is 5.89. The maximum atomic E-state index is 8.14. The molecular formula is C22H27ClOSiZr. The van der Waals surface area contributed by atoms with Gasteiger partial charge in [-0.1, -0.05) is 26.0 Å². The Morgan fingerprint density at radius 2 is 1.15 bits per heavy atom. The van der Waals surface area contributed by atoms with Gasteiger partial charge in [-0.25, -0.2) is 0 Å². The molecular weight excluding hydrogens is 435 g/mol. The molecule has 1 nitrogen and oxygen atoms in total. The van der Waals surface area contributed by atoms with Crippen molar-refractivity contribution in [3.8, 4) is 0 Å². The fourth-order valence-electron chi connectivity index (χ4n) is 2.14. The summed E-state index contributed by atoms with van der Waals surface area (Å²) in [5.74, 6) is 0.440. The van der Waals surface area contributed by atoms with E-state index in [9.17, 15) is 0 Å². The molecule has 1 N–H and O–H groups in total. The molecule has 0 aromatic heterocycles. The van der Waals surface area contributed by atoms with Crippen LogP contribution >= 0.6 is 12.4 Å². The Labute approximate surface area is 179 Å². The predicted octanol–water partition coefficient (Wildman–Crippen LogP) is 5.26. The van der Waals surface area contributed by atoms with Crippen LogP contribution in [0.4, 0.5) is 0 Å². The number of hydrogen-bond donors (Lipinski definition) is 1. The zero-order valence-electron chi connectivity index (χ0n) is 15.4. The van der Waals surface area contributed by atoms with Crippen LogP contribution in [-0.4, -0.2) is 18.6 Å². The van der Waals surface area contributed by atoms with Gasteiger partial charge in [0.1, 0.15) is 0 Å². The monoisotopic (exact) mass is 460 g/mol. The van der Waals surface area contributed by atoms with Crippen LogP contribution in [0.15, 0.2) is 84.9 Å². The summed E-state index contributed by atoms with van der Waals surface area (Å²) >= 11 is 1.58. The molecule has 26 heavy (non-hydrogen) atoms. The molecule has 4 heteroatoms. The van der Waals surface area contributed by atoms with E-state index in [2.05, 4.69) is 84.9 Å². The maximum Gasteiger partial charge on any atom is -0.0809 e. The third kappa shape index (κ3) is 9.09. The first kappa shape index (κ1) is 25.0. The first-order valence-electron chi connectivity index (χ1n) is 8.38. The number of rotatable bonds is 1. The molecule has 4 rings (SSSR count). The SMILES string of the molecule is CC(C)CO.Cl.[SiH2]=[Zr+2].c1ccc2[cH-]ccc2c1.c1ccc2[cH-]ccc2c1. The zero-order valence-corrected chi connectivity index (χ0v) is 20.1. The summed E-state index contributed by atoms with van der Waals surface area (Å²) in [4.78, 5) is 0. The van der Waals surface area contributed by atoms with Gasteiger partial charge < -0.3 is 5.11 Å². The Balaban J connectivity index is 0.000000352. The van der Waals surface area contributed by atoms with Gasteiger partial charge in [-0.15, -0.1) is 71.7 Å². The first-order valence-corrected chi connectivity index (χ1v) is 14.3. The van der Waals surface area contributed by atoms with Crippen LogP contribution in [0.2, 0.25) is 0 Å². The van der Waals surface area contributed by atoms with Gasteiger partial charge in [0.05, 0.1) is 0 Å². The van der Waals surface area contributed by atoms with Crippen molar-refractivity contribution in [1.82, 2.24) is 0 Å². The third-order valence-corrected chi connectivity index (χ3v) is 3.46. The Bertz CT molecular complexity index is 712. The molecule has 0 atom stereocenters. The van der Waals surface area contributed by atoms with Gasteiger partial charge in [-0.2, -0.15) is 35.0 Å². The number of aliphatic hydroxyl groups is 1. The van der Waals surface area contributed by atoms with Crippen LogP contribution < -0.4 is 0 Å². The van der Waals surface area contributed by atoms with Gasteiger partial charge in [-0.3, -0.25) is 0 Å². The molecule has 4 aromatic rings. The molecule has 0 bridgehead atoms. The van der Waals surface area contributed by atoms with E-state index in [1.807, 2.05) is 20.7 Å². The largest absolute Gasteiger partial charge is 0.168 e. The molecule has 0 spiro atoms. The summed E-state index contributed by atoms with van der Waals surface area (Å²) in [5, 5.41) is 13.5. The van der Waals surface area contributed by atoms with E-state index >= 15 is 0 Å². The van der Waals surface area contributed by atoms with Gasteiger partial charge in [0.2, 0.25) is 0 Å². The van der Waals surface area contributed by atoms with Crippen LogP contribution in [0.3, 0.4) is 0 Å². The van der Waals surface area contributed by atoms with Crippen molar-refractivity contribution in [2.75, 3.05) is 6.61 Å². The second-order valence-corrected chi connectivity index (χ2v) is 5.89. The zero-order chi connectivity index (χ0) is 18.5. The third-order valence-electron chi connectivity index (χ3n) is 3.46. The van der Waals surface area contributed by atoms with E-state index in [4.69, 9.17) is 5.11 Å². The Morgan fingerprint density at radius 1 is 0.808 bits per heavy atom. The Hall–Kier alpha value is -0.990. The maximum absolute atomic E-state index is 8.14. The summed E-state index contributed by atoms with van der Waals surface area (Å²) in [5.41, 5.74) is 0. The number of halogens is 1. The minimum absolute atomic E-state index is 0. The molecule has 4 aromatic carbocycles. The molecule has 0 heterocycles. The molecule has 0 aliphatic carbocycles. The van der Waals surface area contributed by atoms with Crippen molar-refractivity contribution < 1.29 is 28.4 Å². The van der Waals surface area contributed by atoms with Gasteiger partial charge in [0.25, 0.3) is 0 Å². The molecule has 0 saturated carbocycles. The summed E-state index contributed by atoms with van der Waals surface area (Å²) in [6.45, 7) is 6.20. The fraction of sp³-hybridized carbons (Fsp3) is 0.182. The van der Waals surface area contributed by atoms with Gasteiger partial charge in [0, 0.05) is 6.61 Å². The standard InChI is InChI=1S/2C9H7.C4H10O.ClH.H2Si.Zr/c2*1-2-5-9-7-3-6-8(9)4-1;1-4(2)3-5;;;/h2*1-7H;4-5H,3H2,1-2H3;1H;1H2;/q2*-1;;;;+2. The summed E-state index contributed by atoms with van der Waals surface area (Å²) in [6, 6.07) is 29.3. The predicted molar refractivity (Wildman–Crippen MR) is 117 cm³/mol. The van der Waals surface area contributed by atoms with E-state index < -0.39 is 0 Å². The fourth-order valence-corrected chi connectivity index (χ4v) is 2.14. The quantitative estimate of drug-likeness (QED) is 0.303. The number of aliphatic hydroxyl groups excluding tert-OH is 1. The smallest absolute Gasteiger partial charge is 0.0809 e. The summed E-state index contributed by atoms with van der Waals surface area (Å²) in [7, 11) is 0. The van der Waals surface area contributed by atoms with Crippen molar-refractivity contribution >= 4 is 40.8 Å². The molecule has 0 aliphatic heterocycles. The Morgan fingerprint density at radius 3 is 1.46 bits per heavy atom. The van der Waals surface area contributed by atoms with E-state index in [1.54, 1.807) is 23.3 Å². The van der Waals surface area contributed by atoms with Gasteiger partial charge >= 0.3 is 30.2 Å². The first-order chi connectivity index (χ1) is 12.2. The van der Waals surface area contributed by atoms with Crippen molar-refractivity contribution in [3.05, 3.63) is 84.9 Å². The summed E-state index contributed by atoms with van der Waals surface area (Å²) < 4.78 is 0. The van der Waals surface area contributed by atoms with Crippen LogP contribution in [0.1, 0.15) is 13.8 Å². The van der Waals surface area contributed by atoms with E-state index in [0.717, 1.165) is 0 Å². The van der Waals surface area contributed by atoms with Crippen molar-refractivity contribution in [1.29, 1.82) is 0 Å². The van der Waals surface area contributed by atoms with Crippen LogP contribution in [0, 0.1) is 5.92 Å². The van der Waals surface area contributed by atoms with Crippen molar-refractivity contribution in [2.24, 2.45) is 5.92 Å². The second kappa shape index (κ2) is 15.1. The minimum Gasteiger partial charge on any atom is -0.168 e.